The van der Waals surface area contributed by atoms with Crippen LogP contribution in [-0.2, 0) is 0 Å². The fourth-order valence-corrected chi connectivity index (χ4v) is 12.2. The molecule has 0 amide bonds. The molecule has 7 rings (SSSR count). The molecule has 0 unspecified atom stereocenters. The van der Waals surface area contributed by atoms with Gasteiger partial charge in [0.2, 0.25) is 0 Å². The van der Waals surface area contributed by atoms with Crippen LogP contribution in [0.3, 0.4) is 0 Å². The van der Waals surface area contributed by atoms with E-state index in [-0.39, 0.29) is 0 Å². The van der Waals surface area contributed by atoms with Gasteiger partial charge in [0.25, 0.3) is 0 Å². The van der Waals surface area contributed by atoms with Crippen LogP contribution in [0.15, 0.2) is 175 Å². The van der Waals surface area contributed by atoms with Gasteiger partial charge in [-0.05, 0) is 64.9 Å². The lowest BCUT2D eigenvalue weighted by Gasteiger charge is -2.32. The second-order valence-corrected chi connectivity index (χ2v) is 14.5. The lowest BCUT2D eigenvalue weighted by Crippen LogP contribution is -2.19. The third-order valence-corrected chi connectivity index (χ3v) is 13.1. The predicted octanol–water partition coefficient (Wildman–Crippen LogP) is 8.65. The van der Waals surface area contributed by atoms with Gasteiger partial charge in [-0.15, -0.1) is 0 Å². The molecule has 0 saturated carbocycles. The van der Waals surface area contributed by atoms with E-state index in [2.05, 4.69) is 170 Å². The summed E-state index contributed by atoms with van der Waals surface area (Å²) in [5, 5.41) is 7.07. The van der Waals surface area contributed by atoms with E-state index >= 15 is 0 Å². The monoisotopic (exact) mass is 546 g/mol. The third-order valence-electron chi connectivity index (χ3n) is 7.39. The molecular weight excluding hydrogens is 518 g/mol. The molecule has 40 heavy (non-hydrogen) atoms. The molecule has 0 fully saturated rings. The maximum absolute atomic E-state index is 2.33. The SMILES string of the molecule is c1ccc(P(C(=C2c3ccccc3-c3ccccc32)P(c2ccccc2)c2ccccc2)c2ccccc2)cc1. The van der Waals surface area contributed by atoms with Crippen molar-refractivity contribution in [1.29, 1.82) is 0 Å². The van der Waals surface area contributed by atoms with Crippen LogP contribution in [-0.4, -0.2) is 0 Å². The average molecular weight is 547 g/mol. The van der Waals surface area contributed by atoms with Crippen molar-refractivity contribution in [2.24, 2.45) is 0 Å². The molecule has 0 bridgehead atoms. The standard InChI is InChI=1S/C38H28P2/c1-5-17-29(18-6-1)39(30-19-7-2-8-20-30)38(40(31-21-9-3-10-22-31)32-23-11-4-12-24-32)37-35-27-15-13-25-33(35)34-26-14-16-28-36(34)37/h1-28H. The molecule has 0 N–H and O–H groups in total. The third kappa shape index (κ3) is 4.55. The highest BCUT2D eigenvalue weighted by molar-refractivity contribution is 7.95. The predicted molar refractivity (Wildman–Crippen MR) is 176 cm³/mol. The maximum Gasteiger partial charge on any atom is 0.00387 e. The van der Waals surface area contributed by atoms with Gasteiger partial charge < -0.3 is 0 Å². The molecule has 0 aliphatic heterocycles. The second-order valence-electron chi connectivity index (χ2n) is 9.80. The number of benzene rings is 6. The van der Waals surface area contributed by atoms with Crippen LogP contribution in [0, 0.1) is 0 Å². The molecule has 6 aromatic rings. The molecule has 0 spiro atoms. The summed E-state index contributed by atoms with van der Waals surface area (Å²) in [5.74, 6) is 0. The van der Waals surface area contributed by atoms with Crippen LogP contribution in [0.1, 0.15) is 11.1 Å². The maximum atomic E-state index is 2.33. The number of hydrogen-bond donors (Lipinski definition) is 0. The highest BCUT2D eigenvalue weighted by Gasteiger charge is 2.35. The summed E-state index contributed by atoms with van der Waals surface area (Å²) in [7, 11) is -1.70. The van der Waals surface area contributed by atoms with Crippen molar-refractivity contribution in [2.75, 3.05) is 0 Å². The zero-order valence-electron chi connectivity index (χ0n) is 22.1. The van der Waals surface area contributed by atoms with Gasteiger partial charge in [0.15, 0.2) is 0 Å². The molecular formula is C38H28P2. The lowest BCUT2D eigenvalue weighted by molar-refractivity contribution is 1.65. The Hall–Kier alpha value is -4.08. The van der Waals surface area contributed by atoms with Crippen molar-refractivity contribution in [3.05, 3.63) is 186 Å². The van der Waals surface area contributed by atoms with E-state index in [1.165, 1.54) is 54.1 Å². The first kappa shape index (κ1) is 24.9. The summed E-state index contributed by atoms with van der Waals surface area (Å²) in [4.78, 5) is 0. The molecule has 2 heteroatoms. The minimum absolute atomic E-state index is 0.852. The van der Waals surface area contributed by atoms with Crippen LogP contribution < -0.4 is 21.2 Å². The molecule has 0 heterocycles. The number of hydrogen-bond acceptors (Lipinski definition) is 0. The van der Waals surface area contributed by atoms with Gasteiger partial charge in [0.05, 0.1) is 0 Å². The molecule has 0 atom stereocenters. The Labute approximate surface area is 239 Å². The molecule has 0 saturated heterocycles. The first-order chi connectivity index (χ1) is 19.9. The Morgan fingerprint density at radius 2 is 0.525 bits per heavy atom. The zero-order chi connectivity index (χ0) is 26.7. The van der Waals surface area contributed by atoms with E-state index in [1.807, 2.05) is 0 Å². The molecule has 6 aromatic carbocycles. The summed E-state index contributed by atoms with van der Waals surface area (Å²) in [5.41, 5.74) is 6.76. The first-order valence-corrected chi connectivity index (χ1v) is 16.3. The highest BCUT2D eigenvalue weighted by Crippen LogP contribution is 2.65. The Bertz CT molecular complexity index is 1560. The molecule has 0 radical (unpaired) electrons. The molecule has 1 aliphatic rings. The van der Waals surface area contributed by atoms with E-state index in [4.69, 9.17) is 0 Å². The second kappa shape index (κ2) is 11.2. The lowest BCUT2D eigenvalue weighted by atomic mass is 10.1. The summed E-state index contributed by atoms with van der Waals surface area (Å²) in [6, 6.07) is 62.7. The van der Waals surface area contributed by atoms with Gasteiger partial charge in [-0.3, -0.25) is 0 Å². The van der Waals surface area contributed by atoms with Gasteiger partial charge in [0.1, 0.15) is 0 Å². The molecule has 0 aromatic heterocycles. The Balaban J connectivity index is 1.65. The van der Waals surface area contributed by atoms with E-state index in [9.17, 15) is 0 Å². The smallest absolute Gasteiger partial charge is 0.00387 e. The van der Waals surface area contributed by atoms with Gasteiger partial charge in [-0.25, -0.2) is 0 Å². The van der Waals surface area contributed by atoms with E-state index < -0.39 is 15.8 Å². The van der Waals surface area contributed by atoms with Crippen LogP contribution >= 0.6 is 15.8 Å². The van der Waals surface area contributed by atoms with Crippen LogP contribution in [0.25, 0.3) is 16.7 Å². The molecule has 1 aliphatic carbocycles. The summed E-state index contributed by atoms with van der Waals surface area (Å²) >= 11 is 0. The quantitative estimate of drug-likeness (QED) is 0.183. The van der Waals surface area contributed by atoms with Gasteiger partial charge >= 0.3 is 0 Å². The minimum atomic E-state index is -0.852. The van der Waals surface area contributed by atoms with E-state index in [0.717, 1.165) is 0 Å². The van der Waals surface area contributed by atoms with Crippen LogP contribution in [0.2, 0.25) is 0 Å². The van der Waals surface area contributed by atoms with Gasteiger partial charge in [0, 0.05) is 5.06 Å². The summed E-state index contributed by atoms with van der Waals surface area (Å²) in [6.07, 6.45) is 0. The average Bonchev–Trinajstić information content (AvgIpc) is 3.37. The molecule has 190 valence electrons. The topological polar surface area (TPSA) is 0 Å². The Morgan fingerprint density at radius 3 is 0.825 bits per heavy atom. The van der Waals surface area contributed by atoms with Crippen molar-refractivity contribution in [2.45, 2.75) is 0 Å². The van der Waals surface area contributed by atoms with Crippen molar-refractivity contribution in [3.8, 4) is 11.1 Å². The van der Waals surface area contributed by atoms with E-state index in [1.54, 1.807) is 0 Å². The summed E-state index contributed by atoms with van der Waals surface area (Å²) in [6.45, 7) is 0. The number of rotatable bonds is 6. The van der Waals surface area contributed by atoms with Crippen LogP contribution in [0.5, 0.6) is 0 Å². The normalized spacial score (nSPS) is 11.9. The first-order valence-electron chi connectivity index (χ1n) is 13.6. The fourth-order valence-electron chi connectivity index (χ4n) is 5.68. The minimum Gasteiger partial charge on any atom is -0.0622 e. The fraction of sp³-hybridized carbons (Fsp3) is 0. The Morgan fingerprint density at radius 1 is 0.275 bits per heavy atom. The van der Waals surface area contributed by atoms with Crippen molar-refractivity contribution in [3.63, 3.8) is 0 Å². The zero-order valence-corrected chi connectivity index (χ0v) is 23.8. The van der Waals surface area contributed by atoms with Gasteiger partial charge in [-0.2, -0.15) is 0 Å². The van der Waals surface area contributed by atoms with Crippen molar-refractivity contribution in [1.82, 2.24) is 0 Å². The van der Waals surface area contributed by atoms with Gasteiger partial charge in [-0.1, -0.05) is 170 Å². The number of fused-ring (bicyclic) bond motifs is 3. The highest BCUT2D eigenvalue weighted by atomic mass is 31.2. The van der Waals surface area contributed by atoms with Crippen LogP contribution in [0.4, 0.5) is 0 Å². The molecule has 0 nitrogen and oxygen atoms in total. The van der Waals surface area contributed by atoms with Crippen molar-refractivity contribution >= 4 is 42.6 Å². The summed E-state index contributed by atoms with van der Waals surface area (Å²) < 4.78 is 0. The van der Waals surface area contributed by atoms with E-state index in [0.29, 0.717) is 0 Å². The largest absolute Gasteiger partial charge is 0.0622 e. The Kier molecular flexibility index (Phi) is 6.97. The van der Waals surface area contributed by atoms with Crippen molar-refractivity contribution < 1.29 is 0 Å².